The summed E-state index contributed by atoms with van der Waals surface area (Å²) >= 11 is 0. The molecule has 9 heteroatoms. The van der Waals surface area contributed by atoms with Gasteiger partial charge in [0, 0.05) is 24.3 Å². The van der Waals surface area contributed by atoms with Crippen LogP contribution in [0.15, 0.2) is 36.4 Å². The molecule has 0 saturated carbocycles. The number of fused-ring (bicyclic) bond motifs is 1. The van der Waals surface area contributed by atoms with Crippen molar-refractivity contribution in [3.8, 4) is 11.3 Å². The molecule has 37 heavy (non-hydrogen) atoms. The maximum absolute atomic E-state index is 14.5. The van der Waals surface area contributed by atoms with Crippen molar-refractivity contribution in [3.05, 3.63) is 65.2 Å². The number of benzene rings is 2. The second kappa shape index (κ2) is 11.4. The number of aromatic nitrogens is 2. The summed E-state index contributed by atoms with van der Waals surface area (Å²) in [5.41, 5.74) is 6.85. The summed E-state index contributed by atoms with van der Waals surface area (Å²) in [4.78, 5) is 19.0. The molecule has 0 saturated heterocycles. The van der Waals surface area contributed by atoms with Gasteiger partial charge in [-0.15, -0.1) is 0 Å². The summed E-state index contributed by atoms with van der Waals surface area (Å²) in [6.45, 7) is 12.4. The van der Waals surface area contributed by atoms with E-state index in [4.69, 9.17) is 10.7 Å². The number of hydrogen-bond acceptors (Lipinski definition) is 4. The number of amides is 1. The first kappa shape index (κ1) is 28.2. The first-order chi connectivity index (χ1) is 17.6. The van der Waals surface area contributed by atoms with E-state index in [1.54, 1.807) is 17.0 Å². The van der Waals surface area contributed by atoms with Gasteiger partial charge in [-0.05, 0) is 68.1 Å². The summed E-state index contributed by atoms with van der Waals surface area (Å²) < 4.78 is 44.2. The van der Waals surface area contributed by atoms with Crippen LogP contribution in [0.2, 0.25) is 0 Å². The molecule has 0 aliphatic carbocycles. The van der Waals surface area contributed by atoms with E-state index in [1.165, 1.54) is 12.1 Å². The Morgan fingerprint density at radius 3 is 2.38 bits per heavy atom. The average molecular weight is 516 g/mol. The Labute approximate surface area is 216 Å². The minimum atomic E-state index is -0.987. The Morgan fingerprint density at radius 2 is 1.76 bits per heavy atom. The van der Waals surface area contributed by atoms with Crippen LogP contribution in [0.4, 0.5) is 24.7 Å². The fourth-order valence-corrected chi connectivity index (χ4v) is 4.61. The van der Waals surface area contributed by atoms with Gasteiger partial charge in [-0.25, -0.2) is 18.2 Å². The van der Waals surface area contributed by atoms with Crippen LogP contribution in [-0.4, -0.2) is 33.4 Å². The molecule has 1 aromatic heterocycles. The SMILES string of the molecule is CC.CCC(C)c1cc(Nc2c(-c3ccc(F)c(F)c3)nc3n2CCN(C(=O)CN)C3(C)C)ccc1F. The van der Waals surface area contributed by atoms with Crippen molar-refractivity contribution in [1.82, 2.24) is 14.5 Å². The monoisotopic (exact) mass is 515 g/mol. The summed E-state index contributed by atoms with van der Waals surface area (Å²) in [6, 6.07) is 8.43. The van der Waals surface area contributed by atoms with Crippen LogP contribution >= 0.6 is 0 Å². The topological polar surface area (TPSA) is 76.2 Å². The van der Waals surface area contributed by atoms with Crippen molar-refractivity contribution < 1.29 is 18.0 Å². The van der Waals surface area contributed by atoms with E-state index in [0.29, 0.717) is 47.2 Å². The molecule has 3 aromatic rings. The third kappa shape index (κ3) is 5.37. The summed E-state index contributed by atoms with van der Waals surface area (Å²) in [6.07, 6.45) is 0.780. The lowest BCUT2D eigenvalue weighted by Crippen LogP contribution is -2.53. The molecule has 0 bridgehead atoms. The lowest BCUT2D eigenvalue weighted by atomic mass is 9.97. The van der Waals surface area contributed by atoms with Crippen LogP contribution in [0.25, 0.3) is 11.3 Å². The van der Waals surface area contributed by atoms with Crippen LogP contribution in [0, 0.1) is 17.5 Å². The molecule has 2 aromatic carbocycles. The number of carbonyl (C=O) groups excluding carboxylic acids is 1. The second-order valence-electron chi connectivity index (χ2n) is 9.39. The maximum atomic E-state index is 14.5. The van der Waals surface area contributed by atoms with E-state index < -0.39 is 17.2 Å². The minimum Gasteiger partial charge on any atom is -0.340 e. The number of nitrogens with zero attached hydrogens (tertiary/aromatic N) is 3. The van der Waals surface area contributed by atoms with Gasteiger partial charge in [0.25, 0.3) is 0 Å². The van der Waals surface area contributed by atoms with E-state index in [9.17, 15) is 18.0 Å². The van der Waals surface area contributed by atoms with Gasteiger partial charge in [-0.3, -0.25) is 4.79 Å². The van der Waals surface area contributed by atoms with Gasteiger partial charge >= 0.3 is 0 Å². The molecule has 6 nitrogen and oxygen atoms in total. The molecule has 3 N–H and O–H groups in total. The van der Waals surface area contributed by atoms with Gasteiger partial charge in [-0.1, -0.05) is 27.7 Å². The van der Waals surface area contributed by atoms with Gasteiger partial charge in [0.15, 0.2) is 11.6 Å². The van der Waals surface area contributed by atoms with Crippen LogP contribution in [0.3, 0.4) is 0 Å². The fourth-order valence-electron chi connectivity index (χ4n) is 4.61. The molecule has 0 spiro atoms. The zero-order valence-electron chi connectivity index (χ0n) is 22.3. The van der Waals surface area contributed by atoms with Crippen molar-refractivity contribution >= 4 is 17.4 Å². The number of nitrogens with one attached hydrogen (secondary N) is 1. The third-order valence-corrected chi connectivity index (χ3v) is 6.81. The Morgan fingerprint density at radius 1 is 1.08 bits per heavy atom. The molecule has 1 amide bonds. The zero-order valence-corrected chi connectivity index (χ0v) is 22.3. The average Bonchev–Trinajstić information content (AvgIpc) is 3.26. The summed E-state index contributed by atoms with van der Waals surface area (Å²) in [5, 5.41) is 3.35. The van der Waals surface area contributed by atoms with Gasteiger partial charge in [0.1, 0.15) is 23.2 Å². The molecule has 1 aliphatic heterocycles. The van der Waals surface area contributed by atoms with Crippen LogP contribution in [-0.2, 0) is 16.9 Å². The van der Waals surface area contributed by atoms with E-state index in [1.807, 2.05) is 46.1 Å². The van der Waals surface area contributed by atoms with Gasteiger partial charge < -0.3 is 20.5 Å². The Balaban J connectivity index is 0.00000186. The lowest BCUT2D eigenvalue weighted by Gasteiger charge is -2.42. The number of rotatable bonds is 6. The predicted molar refractivity (Wildman–Crippen MR) is 141 cm³/mol. The summed E-state index contributed by atoms with van der Waals surface area (Å²) in [7, 11) is 0. The first-order valence-electron chi connectivity index (χ1n) is 12.7. The molecule has 0 radical (unpaired) electrons. The third-order valence-electron chi connectivity index (χ3n) is 6.81. The number of carbonyl (C=O) groups is 1. The molecule has 1 unspecified atom stereocenters. The largest absolute Gasteiger partial charge is 0.340 e. The van der Waals surface area contributed by atoms with Crippen molar-refractivity contribution in [3.63, 3.8) is 0 Å². The number of nitrogens with two attached hydrogens (primary N) is 1. The van der Waals surface area contributed by atoms with E-state index in [0.717, 1.165) is 18.6 Å². The number of imidazole rings is 1. The Hall–Kier alpha value is -3.33. The molecule has 200 valence electrons. The first-order valence-corrected chi connectivity index (χ1v) is 12.7. The summed E-state index contributed by atoms with van der Waals surface area (Å²) in [5.74, 6) is -1.26. The second-order valence-corrected chi connectivity index (χ2v) is 9.39. The Bertz CT molecular complexity index is 1270. The highest BCUT2D eigenvalue weighted by Gasteiger charge is 2.41. The van der Waals surface area contributed by atoms with E-state index in [2.05, 4.69) is 5.32 Å². The molecule has 4 rings (SSSR count). The molecular weight excluding hydrogens is 479 g/mol. The van der Waals surface area contributed by atoms with Crippen molar-refractivity contribution in [2.45, 2.75) is 66.0 Å². The van der Waals surface area contributed by atoms with Crippen LogP contribution < -0.4 is 11.1 Å². The van der Waals surface area contributed by atoms with Crippen molar-refractivity contribution in [2.24, 2.45) is 5.73 Å². The standard InChI is InChI=1S/C26H30F3N5O.C2H6/c1-5-15(2)18-13-17(7-9-19(18)27)31-24-23(16-6-8-20(28)21(29)12-16)32-25-26(3,4)34(22(35)14-30)11-10-33(24)25;1-2/h6-9,12-13,15,31H,5,10-11,14,30H2,1-4H3;1-2H3. The normalized spacial score (nSPS) is 14.9. The smallest absolute Gasteiger partial charge is 0.237 e. The van der Waals surface area contributed by atoms with E-state index in [-0.39, 0.29) is 24.2 Å². The number of anilines is 2. The van der Waals surface area contributed by atoms with Gasteiger partial charge in [0.05, 0.1) is 12.1 Å². The fraction of sp³-hybridized carbons (Fsp3) is 0.429. The van der Waals surface area contributed by atoms with Crippen molar-refractivity contribution in [1.29, 1.82) is 0 Å². The minimum absolute atomic E-state index is 0.0246. The quantitative estimate of drug-likeness (QED) is 0.405. The van der Waals surface area contributed by atoms with Crippen LogP contribution in [0.1, 0.15) is 65.3 Å². The number of hydrogen-bond donors (Lipinski definition) is 2. The molecule has 0 fully saturated rings. The highest BCUT2D eigenvalue weighted by atomic mass is 19.2. The van der Waals surface area contributed by atoms with Crippen molar-refractivity contribution in [2.75, 3.05) is 18.4 Å². The zero-order chi connectivity index (χ0) is 27.5. The molecule has 1 aliphatic rings. The van der Waals surface area contributed by atoms with Crippen LogP contribution in [0.5, 0.6) is 0 Å². The highest BCUT2D eigenvalue weighted by Crippen LogP contribution is 2.40. The highest BCUT2D eigenvalue weighted by molar-refractivity contribution is 5.80. The predicted octanol–water partition coefficient (Wildman–Crippen LogP) is 6.29. The number of halogens is 3. The van der Waals surface area contributed by atoms with Gasteiger partial charge in [-0.2, -0.15) is 0 Å². The Kier molecular flexibility index (Phi) is 8.68. The molecule has 2 heterocycles. The van der Waals surface area contributed by atoms with E-state index >= 15 is 0 Å². The lowest BCUT2D eigenvalue weighted by molar-refractivity contribution is -0.137. The molecular formula is C28H36F3N5O. The molecule has 1 atom stereocenters. The maximum Gasteiger partial charge on any atom is 0.237 e. The van der Waals surface area contributed by atoms with Gasteiger partial charge in [0.2, 0.25) is 5.91 Å².